The van der Waals surface area contributed by atoms with E-state index in [4.69, 9.17) is 10.0 Å². The Morgan fingerprint density at radius 2 is 2.13 bits per heavy atom. The molecule has 0 aliphatic carbocycles. The number of pyridine rings is 1. The zero-order valence-corrected chi connectivity index (χ0v) is 9.99. The van der Waals surface area contributed by atoms with E-state index in [1.807, 2.05) is 17.5 Å². The van der Waals surface area contributed by atoms with Crippen LogP contribution in [-0.2, 0) is 0 Å². The molecule has 0 spiro atoms. The Kier molecular flexibility index (Phi) is 3.21. The Morgan fingerprint density at radius 3 is 2.73 bits per heavy atom. The summed E-state index contributed by atoms with van der Waals surface area (Å²) in [6, 6.07) is 5.46. The normalized spacial score (nSPS) is 10.3. The van der Waals surface area contributed by atoms with Gasteiger partial charge in [-0.25, -0.2) is 0 Å². The Morgan fingerprint density at radius 1 is 1.33 bits per heavy atom. The van der Waals surface area contributed by atoms with E-state index in [-0.39, 0.29) is 0 Å². The summed E-state index contributed by atoms with van der Waals surface area (Å²) in [6.07, 6.45) is 1.70. The highest BCUT2D eigenvalue weighted by Gasteiger charge is 2.14. The van der Waals surface area contributed by atoms with Crippen molar-refractivity contribution in [3.8, 4) is 11.3 Å². The van der Waals surface area contributed by atoms with Gasteiger partial charge in [0.05, 0.1) is 5.69 Å². The molecule has 0 bridgehead atoms. The molecule has 0 saturated carbocycles. The molecular weight excluding hydrogens is 277 g/mol. The lowest BCUT2D eigenvalue weighted by atomic mass is 9.89. The van der Waals surface area contributed by atoms with Crippen molar-refractivity contribution in [3.05, 3.63) is 34.2 Å². The van der Waals surface area contributed by atoms with Crippen molar-refractivity contribution < 1.29 is 10.0 Å². The molecule has 0 aliphatic heterocycles. The molecule has 2 aromatic rings. The number of aromatic nitrogens is 1. The van der Waals surface area contributed by atoms with E-state index in [1.54, 1.807) is 12.3 Å². The van der Waals surface area contributed by atoms with Crippen LogP contribution >= 0.6 is 27.3 Å². The van der Waals surface area contributed by atoms with Gasteiger partial charge in [0.1, 0.15) is 0 Å². The summed E-state index contributed by atoms with van der Waals surface area (Å²) in [7, 11) is -1.41. The average molecular weight is 284 g/mol. The van der Waals surface area contributed by atoms with E-state index in [9.17, 15) is 0 Å². The van der Waals surface area contributed by atoms with Crippen molar-refractivity contribution in [3.63, 3.8) is 0 Å². The average Bonchev–Trinajstić information content (AvgIpc) is 2.66. The van der Waals surface area contributed by atoms with Crippen LogP contribution in [0.1, 0.15) is 0 Å². The van der Waals surface area contributed by atoms with Gasteiger partial charge in [-0.2, -0.15) is 11.3 Å². The second-order valence-corrected chi connectivity index (χ2v) is 4.83. The minimum absolute atomic E-state index is 0.520. The summed E-state index contributed by atoms with van der Waals surface area (Å²) in [5, 5.41) is 19.8. The standard InChI is InChI=1S/C9H7BBrNO2S/c11-7-1-2-12-8(4-7)6-3-9(10(13)14)15-5-6/h1-5,13-14H. The van der Waals surface area contributed by atoms with Gasteiger partial charge < -0.3 is 10.0 Å². The second kappa shape index (κ2) is 4.44. The maximum atomic E-state index is 8.97. The van der Waals surface area contributed by atoms with Crippen LogP contribution in [0.15, 0.2) is 34.2 Å². The van der Waals surface area contributed by atoms with Crippen LogP contribution in [0.25, 0.3) is 11.3 Å². The van der Waals surface area contributed by atoms with Crippen LogP contribution in [0.3, 0.4) is 0 Å². The number of hydrogen-bond donors (Lipinski definition) is 2. The predicted octanol–water partition coefficient (Wildman–Crippen LogP) is 1.25. The van der Waals surface area contributed by atoms with Crippen LogP contribution in [-0.4, -0.2) is 22.2 Å². The molecule has 0 atom stereocenters. The summed E-state index contributed by atoms with van der Waals surface area (Å²) in [5.41, 5.74) is 1.71. The van der Waals surface area contributed by atoms with E-state index in [1.165, 1.54) is 11.3 Å². The molecule has 0 aliphatic rings. The molecule has 0 radical (unpaired) electrons. The summed E-state index contributed by atoms with van der Waals surface area (Å²) in [6.45, 7) is 0. The number of thiophene rings is 1. The third-order valence-corrected chi connectivity index (χ3v) is 3.36. The van der Waals surface area contributed by atoms with Crippen LogP contribution in [0, 0.1) is 0 Å². The Hall–Kier alpha value is -0.685. The first kappa shape index (κ1) is 10.8. The summed E-state index contributed by atoms with van der Waals surface area (Å²) < 4.78 is 1.47. The molecule has 2 rings (SSSR count). The number of rotatable bonds is 2. The van der Waals surface area contributed by atoms with Crippen LogP contribution in [0.5, 0.6) is 0 Å². The van der Waals surface area contributed by atoms with Gasteiger partial charge in [-0.3, -0.25) is 4.98 Å². The van der Waals surface area contributed by atoms with Gasteiger partial charge in [0.25, 0.3) is 0 Å². The summed E-state index contributed by atoms with van der Waals surface area (Å²) >= 11 is 4.66. The van der Waals surface area contributed by atoms with Crippen molar-refractivity contribution >= 4 is 39.2 Å². The number of halogens is 1. The third-order valence-electron chi connectivity index (χ3n) is 1.89. The molecule has 2 heterocycles. The summed E-state index contributed by atoms with van der Waals surface area (Å²) in [5.74, 6) is 0. The largest absolute Gasteiger partial charge is 0.499 e. The van der Waals surface area contributed by atoms with Gasteiger partial charge in [0.15, 0.2) is 0 Å². The molecule has 0 unspecified atom stereocenters. The third kappa shape index (κ3) is 2.46. The zero-order valence-electron chi connectivity index (χ0n) is 7.59. The lowest BCUT2D eigenvalue weighted by molar-refractivity contribution is 0.427. The highest BCUT2D eigenvalue weighted by atomic mass is 79.9. The van der Waals surface area contributed by atoms with E-state index in [0.717, 1.165) is 15.7 Å². The monoisotopic (exact) mass is 283 g/mol. The van der Waals surface area contributed by atoms with Crippen LogP contribution in [0.2, 0.25) is 0 Å². The fraction of sp³-hybridized carbons (Fsp3) is 0. The van der Waals surface area contributed by atoms with Crippen molar-refractivity contribution in [2.75, 3.05) is 0 Å². The zero-order chi connectivity index (χ0) is 10.8. The smallest absolute Gasteiger partial charge is 0.423 e. The quantitative estimate of drug-likeness (QED) is 0.816. The van der Waals surface area contributed by atoms with E-state index >= 15 is 0 Å². The van der Waals surface area contributed by atoms with Crippen molar-refractivity contribution in [1.29, 1.82) is 0 Å². The highest BCUT2D eigenvalue weighted by molar-refractivity contribution is 9.10. The van der Waals surface area contributed by atoms with E-state index in [0.29, 0.717) is 4.78 Å². The van der Waals surface area contributed by atoms with Gasteiger partial charge in [-0.1, -0.05) is 15.9 Å². The Bertz CT molecular complexity index is 475. The molecule has 0 fully saturated rings. The topological polar surface area (TPSA) is 53.4 Å². The fourth-order valence-corrected chi connectivity index (χ4v) is 2.29. The predicted molar refractivity (Wildman–Crippen MR) is 65.1 cm³/mol. The van der Waals surface area contributed by atoms with Crippen molar-refractivity contribution in [2.45, 2.75) is 0 Å². The maximum absolute atomic E-state index is 8.97. The molecule has 0 saturated heterocycles. The Balaban J connectivity index is 2.37. The molecule has 2 N–H and O–H groups in total. The van der Waals surface area contributed by atoms with E-state index in [2.05, 4.69) is 20.9 Å². The number of hydrogen-bond acceptors (Lipinski definition) is 4. The maximum Gasteiger partial charge on any atom is 0.499 e. The molecule has 15 heavy (non-hydrogen) atoms. The molecular formula is C9H7BBrNO2S. The number of nitrogens with zero attached hydrogens (tertiary/aromatic N) is 1. The second-order valence-electron chi connectivity index (χ2n) is 2.97. The van der Waals surface area contributed by atoms with Gasteiger partial charge in [0.2, 0.25) is 0 Å². The van der Waals surface area contributed by atoms with Crippen molar-refractivity contribution in [1.82, 2.24) is 4.98 Å². The highest BCUT2D eigenvalue weighted by Crippen LogP contribution is 2.21. The minimum Gasteiger partial charge on any atom is -0.423 e. The van der Waals surface area contributed by atoms with E-state index < -0.39 is 7.12 Å². The molecule has 6 heteroatoms. The minimum atomic E-state index is -1.41. The van der Waals surface area contributed by atoms with Gasteiger partial charge >= 0.3 is 7.12 Å². The Labute approximate surface area is 99.7 Å². The lowest BCUT2D eigenvalue weighted by Crippen LogP contribution is -2.26. The van der Waals surface area contributed by atoms with Crippen molar-refractivity contribution in [2.24, 2.45) is 0 Å². The fourth-order valence-electron chi connectivity index (χ4n) is 1.19. The first-order chi connectivity index (χ1) is 7.16. The van der Waals surface area contributed by atoms with Crippen LogP contribution in [0.4, 0.5) is 0 Å². The summed E-state index contributed by atoms with van der Waals surface area (Å²) in [4.78, 5) is 4.20. The van der Waals surface area contributed by atoms with Crippen LogP contribution < -0.4 is 4.78 Å². The first-order valence-electron chi connectivity index (χ1n) is 4.23. The SMILES string of the molecule is OB(O)c1cc(-c2cc(Br)ccn2)cs1. The molecule has 0 amide bonds. The van der Waals surface area contributed by atoms with Gasteiger partial charge in [-0.05, 0) is 23.6 Å². The lowest BCUT2D eigenvalue weighted by Gasteiger charge is -1.96. The molecule has 2 aromatic heterocycles. The van der Waals surface area contributed by atoms with Gasteiger partial charge in [0, 0.05) is 21.0 Å². The molecule has 0 aromatic carbocycles. The molecule has 3 nitrogen and oxygen atoms in total. The first-order valence-corrected chi connectivity index (χ1v) is 5.90. The molecule has 76 valence electrons. The van der Waals surface area contributed by atoms with Gasteiger partial charge in [-0.15, -0.1) is 0 Å².